The highest BCUT2D eigenvalue weighted by Gasteiger charge is 2.01. The zero-order valence-electron chi connectivity index (χ0n) is 8.91. The van der Waals surface area contributed by atoms with Gasteiger partial charge in [-0.25, -0.2) is 4.98 Å². The molecule has 1 unspecified atom stereocenters. The summed E-state index contributed by atoms with van der Waals surface area (Å²) in [6.07, 6.45) is 1.84. The Morgan fingerprint density at radius 1 is 1.53 bits per heavy atom. The highest BCUT2D eigenvalue weighted by molar-refractivity contribution is 9.10. The first kappa shape index (κ1) is 12.6. The molecule has 0 spiro atoms. The van der Waals surface area contributed by atoms with Gasteiger partial charge in [0.15, 0.2) is 0 Å². The first-order valence-corrected chi connectivity index (χ1v) is 5.97. The molecule has 0 radical (unpaired) electrons. The molecule has 0 aromatic carbocycles. The van der Waals surface area contributed by atoms with E-state index in [1.165, 1.54) is 0 Å². The SMILES string of the molecule is CC(CCCO)NCc1cccc(Br)n1. The predicted octanol–water partition coefficient (Wildman–Crippen LogP) is 2.09. The number of nitrogens with one attached hydrogen (secondary N) is 1. The van der Waals surface area contributed by atoms with Crippen LogP contribution < -0.4 is 5.32 Å². The fourth-order valence-corrected chi connectivity index (χ4v) is 1.71. The van der Waals surface area contributed by atoms with Crippen LogP contribution in [0.5, 0.6) is 0 Å². The van der Waals surface area contributed by atoms with Gasteiger partial charge in [0.1, 0.15) is 4.60 Å². The third kappa shape index (κ3) is 5.25. The van der Waals surface area contributed by atoms with Gasteiger partial charge in [-0.3, -0.25) is 0 Å². The number of hydrogen-bond acceptors (Lipinski definition) is 3. The van der Waals surface area contributed by atoms with Crippen molar-refractivity contribution < 1.29 is 5.11 Å². The van der Waals surface area contributed by atoms with Crippen LogP contribution >= 0.6 is 15.9 Å². The summed E-state index contributed by atoms with van der Waals surface area (Å²) in [5, 5.41) is 12.1. The Morgan fingerprint density at radius 3 is 3.00 bits per heavy atom. The van der Waals surface area contributed by atoms with Crippen LogP contribution in [0, 0.1) is 0 Å². The lowest BCUT2D eigenvalue weighted by Crippen LogP contribution is -2.26. The highest BCUT2D eigenvalue weighted by Crippen LogP contribution is 2.06. The van der Waals surface area contributed by atoms with Gasteiger partial charge in [-0.1, -0.05) is 6.07 Å². The number of halogens is 1. The van der Waals surface area contributed by atoms with Gasteiger partial charge in [-0.05, 0) is 47.8 Å². The van der Waals surface area contributed by atoms with Crippen molar-refractivity contribution in [1.29, 1.82) is 0 Å². The van der Waals surface area contributed by atoms with Crippen molar-refractivity contribution in [3.05, 3.63) is 28.5 Å². The third-order valence-corrected chi connectivity index (χ3v) is 2.64. The summed E-state index contributed by atoms with van der Waals surface area (Å²) in [4.78, 5) is 4.33. The number of hydrogen-bond donors (Lipinski definition) is 2. The van der Waals surface area contributed by atoms with E-state index in [-0.39, 0.29) is 6.61 Å². The second kappa shape index (κ2) is 6.93. The maximum Gasteiger partial charge on any atom is 0.106 e. The molecule has 0 amide bonds. The van der Waals surface area contributed by atoms with Crippen molar-refractivity contribution in [3.8, 4) is 0 Å². The Morgan fingerprint density at radius 2 is 2.33 bits per heavy atom. The molecule has 4 heteroatoms. The maximum absolute atomic E-state index is 8.69. The molecular formula is C11H17BrN2O. The number of rotatable bonds is 6. The normalized spacial score (nSPS) is 12.7. The van der Waals surface area contributed by atoms with E-state index in [0.717, 1.165) is 29.7 Å². The Labute approximate surface area is 99.1 Å². The summed E-state index contributed by atoms with van der Waals surface area (Å²) in [6.45, 7) is 3.15. The molecule has 0 aliphatic carbocycles. The van der Waals surface area contributed by atoms with Gasteiger partial charge in [0, 0.05) is 19.2 Å². The quantitative estimate of drug-likeness (QED) is 0.780. The van der Waals surface area contributed by atoms with Gasteiger partial charge in [-0.2, -0.15) is 0 Å². The van der Waals surface area contributed by atoms with Crippen LogP contribution in [0.2, 0.25) is 0 Å². The third-order valence-electron chi connectivity index (χ3n) is 2.20. The van der Waals surface area contributed by atoms with Crippen LogP contribution in [0.4, 0.5) is 0 Å². The van der Waals surface area contributed by atoms with Crippen LogP contribution in [-0.4, -0.2) is 22.7 Å². The molecule has 0 saturated carbocycles. The number of aliphatic hydroxyl groups excluding tert-OH is 1. The van der Waals surface area contributed by atoms with Crippen LogP contribution in [0.25, 0.3) is 0 Å². The van der Waals surface area contributed by atoms with Crippen molar-refractivity contribution >= 4 is 15.9 Å². The van der Waals surface area contributed by atoms with Gasteiger partial charge in [0.2, 0.25) is 0 Å². The molecule has 0 bridgehead atoms. The first-order chi connectivity index (χ1) is 7.22. The van der Waals surface area contributed by atoms with E-state index in [1.54, 1.807) is 0 Å². The van der Waals surface area contributed by atoms with E-state index in [9.17, 15) is 0 Å². The average Bonchev–Trinajstić information content (AvgIpc) is 2.23. The molecule has 1 heterocycles. The molecule has 1 atom stereocenters. The Kier molecular flexibility index (Phi) is 5.83. The van der Waals surface area contributed by atoms with Gasteiger partial charge < -0.3 is 10.4 Å². The average molecular weight is 273 g/mol. The summed E-state index contributed by atoms with van der Waals surface area (Å²) in [7, 11) is 0. The fraction of sp³-hybridized carbons (Fsp3) is 0.545. The molecule has 3 nitrogen and oxygen atoms in total. The minimum absolute atomic E-state index is 0.265. The molecule has 84 valence electrons. The maximum atomic E-state index is 8.69. The minimum Gasteiger partial charge on any atom is -0.396 e. The van der Waals surface area contributed by atoms with Crippen LogP contribution in [-0.2, 0) is 6.54 Å². The summed E-state index contributed by atoms with van der Waals surface area (Å²) in [6, 6.07) is 6.31. The van der Waals surface area contributed by atoms with Gasteiger partial charge in [0.05, 0.1) is 5.69 Å². The monoisotopic (exact) mass is 272 g/mol. The van der Waals surface area contributed by atoms with Crippen molar-refractivity contribution in [3.63, 3.8) is 0 Å². The summed E-state index contributed by atoms with van der Waals surface area (Å²) in [5.74, 6) is 0. The number of nitrogens with zero attached hydrogens (tertiary/aromatic N) is 1. The van der Waals surface area contributed by atoms with E-state index in [4.69, 9.17) is 5.11 Å². The largest absolute Gasteiger partial charge is 0.396 e. The molecule has 1 aromatic rings. The molecule has 0 saturated heterocycles. The van der Waals surface area contributed by atoms with Gasteiger partial charge >= 0.3 is 0 Å². The Balaban J connectivity index is 2.30. The molecule has 1 aromatic heterocycles. The van der Waals surface area contributed by atoms with Crippen molar-refractivity contribution in [2.75, 3.05) is 6.61 Å². The molecule has 0 aliphatic rings. The smallest absolute Gasteiger partial charge is 0.106 e. The number of aromatic nitrogens is 1. The topological polar surface area (TPSA) is 45.1 Å². The van der Waals surface area contributed by atoms with E-state index in [1.807, 2.05) is 18.2 Å². The molecular weight excluding hydrogens is 256 g/mol. The lowest BCUT2D eigenvalue weighted by Gasteiger charge is -2.12. The molecule has 0 fully saturated rings. The standard InChI is InChI=1S/C11H17BrN2O/c1-9(4-3-7-15)13-8-10-5-2-6-11(12)14-10/h2,5-6,9,13,15H,3-4,7-8H2,1H3. The van der Waals surface area contributed by atoms with E-state index < -0.39 is 0 Å². The van der Waals surface area contributed by atoms with Crippen molar-refractivity contribution in [1.82, 2.24) is 10.3 Å². The van der Waals surface area contributed by atoms with Crippen molar-refractivity contribution in [2.24, 2.45) is 0 Å². The van der Waals surface area contributed by atoms with E-state index in [0.29, 0.717) is 6.04 Å². The molecule has 2 N–H and O–H groups in total. The lowest BCUT2D eigenvalue weighted by molar-refractivity contribution is 0.276. The van der Waals surface area contributed by atoms with Crippen LogP contribution in [0.15, 0.2) is 22.8 Å². The van der Waals surface area contributed by atoms with Crippen LogP contribution in [0.3, 0.4) is 0 Å². The fourth-order valence-electron chi connectivity index (χ4n) is 1.33. The van der Waals surface area contributed by atoms with Gasteiger partial charge in [-0.15, -0.1) is 0 Å². The van der Waals surface area contributed by atoms with Crippen molar-refractivity contribution in [2.45, 2.75) is 32.4 Å². The Bertz CT molecular complexity index is 294. The lowest BCUT2D eigenvalue weighted by atomic mass is 10.2. The van der Waals surface area contributed by atoms with E-state index in [2.05, 4.69) is 33.2 Å². The molecule has 0 aliphatic heterocycles. The predicted molar refractivity (Wildman–Crippen MR) is 64.6 cm³/mol. The molecule has 15 heavy (non-hydrogen) atoms. The zero-order valence-corrected chi connectivity index (χ0v) is 10.5. The Hall–Kier alpha value is -0.450. The second-order valence-electron chi connectivity index (χ2n) is 3.60. The number of pyridine rings is 1. The van der Waals surface area contributed by atoms with Gasteiger partial charge in [0.25, 0.3) is 0 Å². The summed E-state index contributed by atoms with van der Waals surface area (Å²) in [5.41, 5.74) is 1.03. The second-order valence-corrected chi connectivity index (χ2v) is 4.41. The minimum atomic E-state index is 0.265. The highest BCUT2D eigenvalue weighted by atomic mass is 79.9. The van der Waals surface area contributed by atoms with E-state index >= 15 is 0 Å². The number of aliphatic hydroxyl groups is 1. The zero-order chi connectivity index (χ0) is 11.1. The summed E-state index contributed by atoms with van der Waals surface area (Å²) >= 11 is 3.34. The summed E-state index contributed by atoms with van der Waals surface area (Å²) < 4.78 is 0.866. The van der Waals surface area contributed by atoms with Crippen LogP contribution in [0.1, 0.15) is 25.5 Å². The first-order valence-electron chi connectivity index (χ1n) is 5.18. The molecule has 1 rings (SSSR count).